The van der Waals surface area contributed by atoms with E-state index in [1.165, 1.54) is 33.5 Å². The number of anilines is 2. The minimum Gasteiger partial charge on any atom is -0.395 e. The van der Waals surface area contributed by atoms with Crippen LogP contribution in [0, 0.1) is 0 Å². The first kappa shape index (κ1) is 35.5. The van der Waals surface area contributed by atoms with Gasteiger partial charge in [-0.2, -0.15) is 13.1 Å². The van der Waals surface area contributed by atoms with Crippen LogP contribution in [0.2, 0.25) is 5.15 Å². The molecule has 4 heterocycles. The minimum absolute atomic E-state index is 0.0125. The molecule has 2 saturated heterocycles. The number of carbonyl (C=O) groups excluding carboxylic acids is 2. The molecule has 3 aromatic rings. The van der Waals surface area contributed by atoms with E-state index in [4.69, 9.17) is 22.4 Å². The van der Waals surface area contributed by atoms with Gasteiger partial charge in [0.25, 0.3) is 11.8 Å². The van der Waals surface area contributed by atoms with Crippen molar-refractivity contribution in [1.29, 1.82) is 0 Å². The van der Waals surface area contributed by atoms with Crippen molar-refractivity contribution in [3.05, 3.63) is 76.7 Å². The summed E-state index contributed by atoms with van der Waals surface area (Å²) >= 11 is 6.18. The highest BCUT2D eigenvalue weighted by molar-refractivity contribution is 7.89. The number of hydrogen-bond donors (Lipinski definition) is 4. The molecule has 2 aliphatic heterocycles. The first-order valence-electron chi connectivity index (χ1n) is 15.4. The lowest BCUT2D eigenvalue weighted by Gasteiger charge is -2.35. The molecule has 5 N–H and O–H groups in total. The van der Waals surface area contributed by atoms with Crippen LogP contribution in [0.15, 0.2) is 59.6 Å². The highest BCUT2D eigenvalue weighted by atomic mass is 35.5. The van der Waals surface area contributed by atoms with Gasteiger partial charge >= 0.3 is 0 Å². The van der Waals surface area contributed by atoms with Crippen molar-refractivity contribution in [3.63, 3.8) is 0 Å². The van der Waals surface area contributed by atoms with Gasteiger partial charge in [-0.05, 0) is 61.5 Å². The molecule has 13 nitrogen and oxygen atoms in total. The number of nitrogens with two attached hydrogens (primary N) is 1. The van der Waals surface area contributed by atoms with Gasteiger partial charge in [0.05, 0.1) is 11.5 Å². The van der Waals surface area contributed by atoms with Crippen molar-refractivity contribution in [1.82, 2.24) is 24.9 Å². The van der Waals surface area contributed by atoms with Crippen LogP contribution in [-0.2, 0) is 20.7 Å². The molecule has 2 aliphatic rings. The summed E-state index contributed by atoms with van der Waals surface area (Å²) in [4.78, 5) is 36.0. The molecule has 0 bridgehead atoms. The van der Waals surface area contributed by atoms with Crippen LogP contribution in [0.25, 0.3) is 0 Å². The molecule has 1 atom stereocenters. The predicted molar refractivity (Wildman–Crippen MR) is 176 cm³/mol. The zero-order valence-electron chi connectivity index (χ0n) is 26.0. The van der Waals surface area contributed by atoms with Crippen molar-refractivity contribution in [3.8, 4) is 0 Å². The van der Waals surface area contributed by atoms with E-state index in [9.17, 15) is 18.0 Å². The molecule has 0 radical (unpaired) electrons. The molecule has 0 unspecified atom stereocenters. The van der Waals surface area contributed by atoms with Crippen LogP contribution in [0.3, 0.4) is 0 Å². The summed E-state index contributed by atoms with van der Waals surface area (Å²) in [5.41, 5.74) is 5.55. The van der Waals surface area contributed by atoms with Crippen LogP contribution in [-0.4, -0.2) is 105 Å². The van der Waals surface area contributed by atoms with Gasteiger partial charge in [0.2, 0.25) is 15.9 Å². The average molecular weight is 707 g/mol. The predicted octanol–water partition coefficient (Wildman–Crippen LogP) is 1.55. The molecule has 2 amide bonds. The largest absolute Gasteiger partial charge is 0.395 e. The lowest BCUT2D eigenvalue weighted by Crippen LogP contribution is -2.49. The molecule has 17 heteroatoms. The smallest absolute Gasteiger partial charge is 0.300 e. The number of nitrogens with one attached hydrogen (secondary N) is 2. The molecule has 2 aromatic heterocycles. The highest BCUT2D eigenvalue weighted by Crippen LogP contribution is 2.38. The fraction of sp³-hybridized carbons (Fsp3) is 0.419. The second-order valence-electron chi connectivity index (χ2n) is 11.5. The number of rotatable bonds is 13. The molecular weight excluding hydrogens is 670 g/mol. The van der Waals surface area contributed by atoms with E-state index in [0.717, 1.165) is 18.3 Å². The Bertz CT molecular complexity index is 1710. The van der Waals surface area contributed by atoms with E-state index in [1.54, 1.807) is 17.0 Å². The molecule has 0 saturated carbocycles. The van der Waals surface area contributed by atoms with Gasteiger partial charge in [-0.3, -0.25) is 14.6 Å². The maximum absolute atomic E-state index is 15.7. The SMILES string of the molecule is N[C@@H]1CC(=O)N(c2ccc(S(=O)(=O)N3CCN(c4cc(C(F)(F)c5ccc(C(=O)NCCCNCCO)nc5)cc(Cl)n4)CC3)cc2)C1. The van der Waals surface area contributed by atoms with Crippen molar-refractivity contribution in [2.45, 2.75) is 29.7 Å². The summed E-state index contributed by atoms with van der Waals surface area (Å²) in [6.07, 6.45) is 1.80. The normalized spacial score (nSPS) is 17.6. The Balaban J connectivity index is 1.21. The van der Waals surface area contributed by atoms with E-state index in [-0.39, 0.29) is 72.7 Å². The van der Waals surface area contributed by atoms with Crippen LogP contribution in [0.4, 0.5) is 20.3 Å². The zero-order valence-corrected chi connectivity index (χ0v) is 27.6. The summed E-state index contributed by atoms with van der Waals surface area (Å²) < 4.78 is 59.4. The van der Waals surface area contributed by atoms with Crippen LogP contribution in [0.1, 0.15) is 34.5 Å². The number of aromatic nitrogens is 2. The second kappa shape index (κ2) is 15.2. The fourth-order valence-corrected chi connectivity index (χ4v) is 7.13. The molecule has 5 rings (SSSR count). The van der Waals surface area contributed by atoms with Gasteiger partial charge in [-0.25, -0.2) is 13.4 Å². The highest BCUT2D eigenvalue weighted by Gasteiger charge is 2.37. The van der Waals surface area contributed by atoms with Crippen molar-refractivity contribution >= 4 is 44.9 Å². The summed E-state index contributed by atoms with van der Waals surface area (Å²) in [5.74, 6) is -3.97. The molecular formula is C31H37ClF2N8O5S. The van der Waals surface area contributed by atoms with Gasteiger partial charge in [-0.1, -0.05) is 11.6 Å². The van der Waals surface area contributed by atoms with E-state index >= 15 is 8.78 Å². The number of hydrogen-bond acceptors (Lipinski definition) is 10. The fourth-order valence-electron chi connectivity index (χ4n) is 5.51. The number of halogens is 3. The maximum atomic E-state index is 15.7. The Morgan fingerprint density at radius 1 is 1.04 bits per heavy atom. The number of sulfonamides is 1. The molecule has 0 aliphatic carbocycles. The quantitative estimate of drug-likeness (QED) is 0.151. The number of pyridine rings is 2. The number of benzene rings is 1. The van der Waals surface area contributed by atoms with Gasteiger partial charge in [-0.15, -0.1) is 0 Å². The lowest BCUT2D eigenvalue weighted by atomic mass is 10.0. The second-order valence-corrected chi connectivity index (χ2v) is 13.8. The summed E-state index contributed by atoms with van der Waals surface area (Å²) in [7, 11) is -3.86. The Morgan fingerprint density at radius 2 is 1.77 bits per heavy atom. The van der Waals surface area contributed by atoms with Gasteiger partial charge in [0.15, 0.2) is 0 Å². The van der Waals surface area contributed by atoms with Crippen molar-refractivity contribution < 1.29 is 31.9 Å². The van der Waals surface area contributed by atoms with E-state index in [0.29, 0.717) is 38.3 Å². The first-order chi connectivity index (χ1) is 22.9. The van der Waals surface area contributed by atoms with Gasteiger partial charge < -0.3 is 31.3 Å². The molecule has 258 valence electrons. The third kappa shape index (κ3) is 8.07. The first-order valence-corrected chi connectivity index (χ1v) is 17.2. The number of carbonyl (C=O) groups is 2. The van der Waals surface area contributed by atoms with Gasteiger partial charge in [0, 0.05) is 81.3 Å². The Kier molecular flexibility index (Phi) is 11.2. The lowest BCUT2D eigenvalue weighted by molar-refractivity contribution is -0.117. The van der Waals surface area contributed by atoms with E-state index in [1.807, 2.05) is 0 Å². The number of aliphatic hydroxyl groups excluding tert-OH is 1. The summed E-state index contributed by atoms with van der Waals surface area (Å²) in [6.45, 7) is 2.30. The Hall–Kier alpha value is -3.80. The molecule has 0 spiro atoms. The van der Waals surface area contributed by atoms with E-state index < -0.39 is 33.0 Å². The molecule has 2 fully saturated rings. The number of aliphatic hydroxyl groups is 1. The molecule has 1 aromatic carbocycles. The van der Waals surface area contributed by atoms with E-state index in [2.05, 4.69) is 20.6 Å². The Morgan fingerprint density at radius 3 is 2.40 bits per heavy atom. The summed E-state index contributed by atoms with van der Waals surface area (Å²) in [6, 6.07) is 10.4. The monoisotopic (exact) mass is 706 g/mol. The number of nitrogens with zero attached hydrogens (tertiary/aromatic N) is 5. The van der Waals surface area contributed by atoms with Gasteiger partial charge in [0.1, 0.15) is 16.7 Å². The van der Waals surface area contributed by atoms with Crippen LogP contribution in [0.5, 0.6) is 0 Å². The summed E-state index contributed by atoms with van der Waals surface area (Å²) in [5, 5.41) is 14.3. The van der Waals surface area contributed by atoms with Crippen molar-refractivity contribution in [2.24, 2.45) is 5.73 Å². The topological polar surface area (TPSA) is 174 Å². The zero-order chi connectivity index (χ0) is 34.5. The number of amides is 2. The van der Waals surface area contributed by atoms with Crippen LogP contribution >= 0.6 is 11.6 Å². The third-order valence-corrected chi connectivity index (χ3v) is 10.2. The Labute approximate surface area is 282 Å². The van der Waals surface area contributed by atoms with Crippen molar-refractivity contribution in [2.75, 3.05) is 68.8 Å². The standard InChI is InChI=1S/C31H37ClF2N8O5S/c32-27-16-22(31(33,34)21-2-7-26(38-19-21)30(45)37-9-1-8-36-10-15-43)17-28(39-27)40-11-13-41(14-12-40)48(46,47)25-5-3-24(4-6-25)42-20-23(35)18-29(42)44/h2-7,16-17,19,23,36,43H,1,8-15,18,20,35H2,(H,37,45)/t23-/m1/s1. The maximum Gasteiger partial charge on any atom is 0.300 e. The molecule has 48 heavy (non-hydrogen) atoms. The number of piperazine rings is 1. The van der Waals surface area contributed by atoms with Crippen LogP contribution < -0.4 is 26.2 Å². The average Bonchev–Trinajstić information content (AvgIpc) is 3.43. The minimum atomic E-state index is -3.86. The number of alkyl halides is 2. The third-order valence-electron chi connectivity index (χ3n) is 8.11.